The van der Waals surface area contributed by atoms with Crippen molar-refractivity contribution in [3.63, 3.8) is 0 Å². The third-order valence-electron chi connectivity index (χ3n) is 3.16. The first-order valence-electron chi connectivity index (χ1n) is 6.29. The maximum absolute atomic E-state index is 12.7. The molecule has 2 aromatic rings. The van der Waals surface area contributed by atoms with Crippen LogP contribution >= 0.6 is 11.6 Å². The summed E-state index contributed by atoms with van der Waals surface area (Å²) in [6, 6.07) is 11.4. The van der Waals surface area contributed by atoms with E-state index in [2.05, 4.69) is 0 Å². The van der Waals surface area contributed by atoms with Crippen molar-refractivity contribution < 1.29 is 18.3 Å². The highest BCUT2D eigenvalue weighted by atomic mass is 35.5. The minimum atomic E-state index is -4.08. The zero-order valence-corrected chi connectivity index (χ0v) is 13.5. The molecule has 0 aliphatic carbocycles. The van der Waals surface area contributed by atoms with Gasteiger partial charge >= 0.3 is 5.97 Å². The summed E-state index contributed by atoms with van der Waals surface area (Å²) in [6.07, 6.45) is 0. The van der Waals surface area contributed by atoms with E-state index in [0.717, 1.165) is 10.4 Å². The molecule has 23 heavy (non-hydrogen) atoms. The number of rotatable bonds is 4. The third-order valence-corrected chi connectivity index (χ3v) is 5.42. The molecule has 6 nitrogen and oxygen atoms in total. The summed E-state index contributed by atoms with van der Waals surface area (Å²) in [5, 5.41) is 17.8. The molecule has 0 bridgehead atoms. The van der Waals surface area contributed by atoms with Crippen LogP contribution in [0.3, 0.4) is 0 Å². The van der Waals surface area contributed by atoms with Crippen LogP contribution in [0.15, 0.2) is 47.4 Å². The molecule has 0 heterocycles. The Kier molecular flexibility index (Phi) is 4.59. The molecule has 0 radical (unpaired) electrons. The number of hydrogen-bond acceptors (Lipinski definition) is 4. The van der Waals surface area contributed by atoms with Crippen LogP contribution in [0.25, 0.3) is 0 Å². The molecular formula is C15H11ClN2O4S. The summed E-state index contributed by atoms with van der Waals surface area (Å²) < 4.78 is 26.3. The van der Waals surface area contributed by atoms with Crippen molar-refractivity contribution in [1.82, 2.24) is 0 Å². The molecule has 0 saturated heterocycles. The van der Waals surface area contributed by atoms with Gasteiger partial charge in [-0.2, -0.15) is 5.26 Å². The Morgan fingerprint density at radius 2 is 1.96 bits per heavy atom. The quantitative estimate of drug-likeness (QED) is 0.914. The lowest BCUT2D eigenvalue weighted by molar-refractivity contribution is 0.0696. The lowest BCUT2D eigenvalue weighted by Gasteiger charge is -2.20. The van der Waals surface area contributed by atoms with Gasteiger partial charge in [-0.3, -0.25) is 4.31 Å². The third kappa shape index (κ3) is 3.28. The minimum absolute atomic E-state index is 0.0849. The number of halogens is 1. The normalized spacial score (nSPS) is 10.8. The van der Waals surface area contributed by atoms with Crippen LogP contribution < -0.4 is 4.31 Å². The van der Waals surface area contributed by atoms with E-state index in [1.54, 1.807) is 12.1 Å². The Morgan fingerprint density at radius 1 is 1.26 bits per heavy atom. The fourth-order valence-corrected chi connectivity index (χ4v) is 3.58. The average Bonchev–Trinajstić information content (AvgIpc) is 2.54. The number of nitrogens with zero attached hydrogens (tertiary/aromatic N) is 2. The number of sulfonamides is 1. The van der Waals surface area contributed by atoms with Gasteiger partial charge in [0.2, 0.25) is 0 Å². The molecule has 0 fully saturated rings. The van der Waals surface area contributed by atoms with Gasteiger partial charge in [0.25, 0.3) is 10.0 Å². The molecule has 118 valence electrons. The maximum atomic E-state index is 12.7. The standard InChI is InChI=1S/C15H11ClN2O4S/c1-18(12-4-2-3-10(7-12)9-17)23(21,22)14-8-11(15(19)20)5-6-13(14)16/h2-8H,1H3,(H,19,20). The SMILES string of the molecule is CN(c1cccc(C#N)c1)S(=O)(=O)c1cc(C(=O)O)ccc1Cl. The van der Waals surface area contributed by atoms with Gasteiger partial charge in [0.1, 0.15) is 4.90 Å². The Bertz CT molecular complexity index is 919. The fraction of sp³-hybridized carbons (Fsp3) is 0.0667. The Balaban J connectivity index is 2.55. The Morgan fingerprint density at radius 3 is 2.57 bits per heavy atom. The number of carbonyl (C=O) groups is 1. The fourth-order valence-electron chi connectivity index (χ4n) is 1.89. The van der Waals surface area contributed by atoms with Crippen molar-refractivity contribution in [3.05, 3.63) is 58.6 Å². The first kappa shape index (κ1) is 16.8. The van der Waals surface area contributed by atoms with Crippen molar-refractivity contribution in [2.75, 3.05) is 11.4 Å². The number of nitriles is 1. The van der Waals surface area contributed by atoms with Crippen LogP contribution in [0.2, 0.25) is 5.02 Å². The van der Waals surface area contributed by atoms with E-state index >= 15 is 0 Å². The van der Waals surface area contributed by atoms with Crippen LogP contribution in [0, 0.1) is 11.3 Å². The smallest absolute Gasteiger partial charge is 0.335 e. The predicted octanol–water partition coefficient (Wildman–Crippen LogP) is 2.73. The second kappa shape index (κ2) is 6.28. The molecule has 2 rings (SSSR count). The van der Waals surface area contributed by atoms with Crippen LogP contribution in [-0.2, 0) is 10.0 Å². The molecule has 0 aromatic heterocycles. The topological polar surface area (TPSA) is 98.5 Å². The summed E-state index contributed by atoms with van der Waals surface area (Å²) in [7, 11) is -2.77. The van der Waals surface area contributed by atoms with Crippen LogP contribution in [0.4, 0.5) is 5.69 Å². The van der Waals surface area contributed by atoms with Crippen molar-refractivity contribution in [2.45, 2.75) is 4.90 Å². The Hall–Kier alpha value is -2.56. The molecule has 0 aliphatic heterocycles. The Labute approximate surface area is 138 Å². The number of aromatic carboxylic acids is 1. The number of carboxylic acid groups (broad SMARTS) is 1. The molecule has 1 N–H and O–H groups in total. The number of benzene rings is 2. The van der Waals surface area contributed by atoms with Gasteiger partial charge in [-0.05, 0) is 36.4 Å². The first-order valence-corrected chi connectivity index (χ1v) is 8.11. The number of hydrogen-bond donors (Lipinski definition) is 1. The maximum Gasteiger partial charge on any atom is 0.335 e. The molecule has 0 saturated carbocycles. The highest BCUT2D eigenvalue weighted by Crippen LogP contribution is 2.28. The van der Waals surface area contributed by atoms with E-state index in [4.69, 9.17) is 22.0 Å². The van der Waals surface area contributed by atoms with Gasteiger partial charge in [0.15, 0.2) is 0 Å². The summed E-state index contributed by atoms with van der Waals surface area (Å²) >= 11 is 5.92. The van der Waals surface area contributed by atoms with Gasteiger partial charge in [-0.25, -0.2) is 13.2 Å². The summed E-state index contributed by atoms with van der Waals surface area (Å²) in [6.45, 7) is 0. The molecule has 0 atom stereocenters. The number of carboxylic acids is 1. The van der Waals surface area contributed by atoms with E-state index in [1.807, 2.05) is 6.07 Å². The highest BCUT2D eigenvalue weighted by Gasteiger charge is 2.25. The van der Waals surface area contributed by atoms with Crippen LogP contribution in [0.1, 0.15) is 15.9 Å². The molecule has 0 amide bonds. The van der Waals surface area contributed by atoms with Gasteiger partial charge in [0, 0.05) is 7.05 Å². The molecule has 8 heteroatoms. The lowest BCUT2D eigenvalue weighted by Crippen LogP contribution is -2.27. The van der Waals surface area contributed by atoms with E-state index < -0.39 is 16.0 Å². The van der Waals surface area contributed by atoms with E-state index in [-0.39, 0.29) is 21.2 Å². The minimum Gasteiger partial charge on any atom is -0.478 e. The highest BCUT2D eigenvalue weighted by molar-refractivity contribution is 7.93. The van der Waals surface area contributed by atoms with Crippen molar-refractivity contribution in [2.24, 2.45) is 0 Å². The van der Waals surface area contributed by atoms with Gasteiger partial charge < -0.3 is 5.11 Å². The molecule has 0 spiro atoms. The summed E-state index contributed by atoms with van der Waals surface area (Å²) in [4.78, 5) is 10.7. The summed E-state index contributed by atoms with van der Waals surface area (Å²) in [5.74, 6) is -1.26. The zero-order chi connectivity index (χ0) is 17.2. The molecule has 0 aliphatic rings. The monoisotopic (exact) mass is 350 g/mol. The van der Waals surface area contributed by atoms with Gasteiger partial charge in [-0.15, -0.1) is 0 Å². The predicted molar refractivity (Wildman–Crippen MR) is 85.2 cm³/mol. The van der Waals surface area contributed by atoms with Crippen molar-refractivity contribution in [3.8, 4) is 6.07 Å². The van der Waals surface area contributed by atoms with Crippen LogP contribution in [-0.4, -0.2) is 26.5 Å². The molecule has 2 aromatic carbocycles. The van der Waals surface area contributed by atoms with E-state index in [1.165, 1.54) is 31.3 Å². The van der Waals surface area contributed by atoms with Gasteiger partial charge in [0.05, 0.1) is 27.9 Å². The molecule has 0 unspecified atom stereocenters. The largest absolute Gasteiger partial charge is 0.478 e. The lowest BCUT2D eigenvalue weighted by atomic mass is 10.2. The second-order valence-corrected chi connectivity index (χ2v) is 6.93. The van der Waals surface area contributed by atoms with E-state index in [0.29, 0.717) is 5.56 Å². The first-order chi connectivity index (χ1) is 10.8. The second-order valence-electron chi connectivity index (χ2n) is 4.59. The van der Waals surface area contributed by atoms with Crippen LogP contribution in [0.5, 0.6) is 0 Å². The van der Waals surface area contributed by atoms with Crippen molar-refractivity contribution in [1.29, 1.82) is 5.26 Å². The molecular weight excluding hydrogens is 340 g/mol. The average molecular weight is 351 g/mol. The van der Waals surface area contributed by atoms with Gasteiger partial charge in [-0.1, -0.05) is 17.7 Å². The van der Waals surface area contributed by atoms with E-state index in [9.17, 15) is 13.2 Å². The summed E-state index contributed by atoms with van der Waals surface area (Å²) in [5.41, 5.74) is 0.378. The zero-order valence-electron chi connectivity index (χ0n) is 11.9. The number of anilines is 1. The van der Waals surface area contributed by atoms with Crippen molar-refractivity contribution >= 4 is 33.3 Å².